The number of phosphoric acid groups is 1. The van der Waals surface area contributed by atoms with Gasteiger partial charge in [-0.3, -0.25) is 18.6 Å². The second kappa shape index (κ2) is 40.4. The lowest BCUT2D eigenvalue weighted by Crippen LogP contribution is -2.64. The molecule has 1 aliphatic carbocycles. The number of ether oxygens (including phenoxy) is 2. The molecule has 1 fully saturated rings. The van der Waals surface area contributed by atoms with Crippen LogP contribution in [0.4, 0.5) is 0 Å². The van der Waals surface area contributed by atoms with Gasteiger partial charge in [-0.05, 0) is 44.9 Å². The highest BCUT2D eigenvalue weighted by molar-refractivity contribution is 7.47. The highest BCUT2D eigenvalue weighted by Gasteiger charge is 2.51. The topological polar surface area (TPSA) is 210 Å². The van der Waals surface area contributed by atoms with E-state index in [1.54, 1.807) is 0 Å². The molecule has 1 rings (SSSR count). The largest absolute Gasteiger partial charge is 0.472 e. The number of aliphatic hydroxyl groups excluding tert-OH is 5. The Morgan fingerprint density at radius 1 is 0.484 bits per heavy atom. The maximum Gasteiger partial charge on any atom is 0.472 e. The van der Waals surface area contributed by atoms with Crippen LogP contribution >= 0.6 is 7.82 Å². The molecule has 14 heteroatoms. The van der Waals surface area contributed by atoms with Crippen molar-refractivity contribution in [2.45, 2.75) is 268 Å². The molecule has 64 heavy (non-hydrogen) atoms. The molecule has 1 aliphatic rings. The maximum absolute atomic E-state index is 12.8. The van der Waals surface area contributed by atoms with E-state index in [1.807, 2.05) is 0 Å². The number of phosphoric ester groups is 1. The Labute approximate surface area is 387 Å². The van der Waals surface area contributed by atoms with Crippen molar-refractivity contribution in [3.63, 3.8) is 0 Å². The summed E-state index contributed by atoms with van der Waals surface area (Å²) in [4.78, 5) is 35.8. The van der Waals surface area contributed by atoms with Crippen LogP contribution in [0, 0.1) is 0 Å². The van der Waals surface area contributed by atoms with Gasteiger partial charge >= 0.3 is 19.8 Å². The molecule has 0 saturated heterocycles. The zero-order valence-corrected chi connectivity index (χ0v) is 41.0. The summed E-state index contributed by atoms with van der Waals surface area (Å²) in [5.41, 5.74) is 0. The Balaban J connectivity index is 2.40. The zero-order chi connectivity index (χ0) is 47.1. The highest BCUT2D eigenvalue weighted by atomic mass is 31.2. The first kappa shape index (κ1) is 60.3. The minimum absolute atomic E-state index is 0.0998. The molecule has 0 aromatic carbocycles. The summed E-state index contributed by atoms with van der Waals surface area (Å²) in [7, 11) is -5.12. The van der Waals surface area contributed by atoms with Crippen molar-refractivity contribution < 1.29 is 63.1 Å². The van der Waals surface area contributed by atoms with Crippen LogP contribution in [0.2, 0.25) is 0 Å². The number of hydrogen-bond donors (Lipinski definition) is 6. The Bertz CT molecular complexity index is 1220. The van der Waals surface area contributed by atoms with Gasteiger partial charge in [-0.2, -0.15) is 0 Å². The molecule has 6 N–H and O–H groups in total. The van der Waals surface area contributed by atoms with Crippen molar-refractivity contribution >= 4 is 19.8 Å². The van der Waals surface area contributed by atoms with Crippen molar-refractivity contribution in [3.05, 3.63) is 24.3 Å². The van der Waals surface area contributed by atoms with Crippen molar-refractivity contribution in [1.82, 2.24) is 0 Å². The summed E-state index contributed by atoms with van der Waals surface area (Å²) in [5, 5.41) is 50.2. The zero-order valence-electron chi connectivity index (χ0n) is 40.1. The Morgan fingerprint density at radius 3 is 1.30 bits per heavy atom. The van der Waals surface area contributed by atoms with Gasteiger partial charge in [0.1, 0.15) is 43.2 Å². The van der Waals surface area contributed by atoms with Gasteiger partial charge < -0.3 is 39.9 Å². The normalized spacial score (nSPS) is 21.7. The van der Waals surface area contributed by atoms with E-state index in [0.717, 1.165) is 64.2 Å². The van der Waals surface area contributed by atoms with Crippen LogP contribution in [0.25, 0.3) is 0 Å². The van der Waals surface area contributed by atoms with Crippen LogP contribution in [0.3, 0.4) is 0 Å². The summed E-state index contributed by atoms with van der Waals surface area (Å²) in [5.74, 6) is -1.10. The monoisotopic (exact) mass is 933 g/mol. The SMILES string of the molecule is CCCCC/C=C/C/C=C/CCCCCCCCCC(=O)OC[C@H](COP(=O)(O)OC1C(O)C(O)C(O)[C@H](O)C1O)OC(=O)CCCCCCCCCCCCCCCCCCCC. The third kappa shape index (κ3) is 32.1. The van der Waals surface area contributed by atoms with Gasteiger partial charge in [0.25, 0.3) is 0 Å². The summed E-state index contributed by atoms with van der Waals surface area (Å²) in [6.45, 7) is 3.30. The lowest BCUT2D eigenvalue weighted by Gasteiger charge is -2.41. The first-order valence-electron chi connectivity index (χ1n) is 25.6. The number of hydrogen-bond acceptors (Lipinski definition) is 12. The van der Waals surface area contributed by atoms with Crippen LogP contribution < -0.4 is 0 Å². The molecule has 0 amide bonds. The molecule has 0 bridgehead atoms. The smallest absolute Gasteiger partial charge is 0.462 e. The molecule has 0 aliphatic heterocycles. The standard InChI is InChI=1S/C50H93O13P/c1-3-5-7-9-11-13-15-17-19-21-23-25-27-29-31-33-35-37-39-44(52)62-42(41-61-64(58,59)63-50-48(56)46(54)45(53)47(55)49(50)57)40-60-43(51)38-36-34-32-30-28-26-24-22-20-18-16-14-12-10-8-6-4-2/h12,14,18,20,42,45-50,53-57H,3-11,13,15-17,19,21-41H2,1-2H3,(H,58,59)/b14-12+,20-18+/t42-,45?,46+,47?,48?,49?,50?/m1/s1. The summed E-state index contributed by atoms with van der Waals surface area (Å²) >= 11 is 0. The van der Waals surface area contributed by atoms with Gasteiger partial charge in [-0.15, -0.1) is 0 Å². The molecule has 13 nitrogen and oxygen atoms in total. The second-order valence-electron chi connectivity index (χ2n) is 18.0. The summed E-state index contributed by atoms with van der Waals surface area (Å²) < 4.78 is 33.6. The highest BCUT2D eigenvalue weighted by Crippen LogP contribution is 2.47. The molecule has 0 radical (unpaired) electrons. The summed E-state index contributed by atoms with van der Waals surface area (Å²) in [6, 6.07) is 0. The van der Waals surface area contributed by atoms with E-state index < -0.39 is 75.7 Å². The fourth-order valence-corrected chi connectivity index (χ4v) is 8.88. The van der Waals surface area contributed by atoms with E-state index in [1.165, 1.54) is 122 Å². The van der Waals surface area contributed by atoms with Gasteiger partial charge in [0.05, 0.1) is 6.61 Å². The lowest BCUT2D eigenvalue weighted by atomic mass is 9.85. The van der Waals surface area contributed by atoms with Crippen LogP contribution in [0.1, 0.15) is 226 Å². The third-order valence-corrected chi connectivity index (χ3v) is 13.0. The second-order valence-corrected chi connectivity index (χ2v) is 19.4. The quantitative estimate of drug-likeness (QED) is 0.0146. The molecule has 0 aromatic heterocycles. The van der Waals surface area contributed by atoms with Crippen molar-refractivity contribution in [2.75, 3.05) is 13.2 Å². The average molecular weight is 933 g/mol. The predicted molar refractivity (Wildman–Crippen MR) is 254 cm³/mol. The van der Waals surface area contributed by atoms with Gasteiger partial charge in [0, 0.05) is 12.8 Å². The maximum atomic E-state index is 12.8. The lowest BCUT2D eigenvalue weighted by molar-refractivity contribution is -0.220. The van der Waals surface area contributed by atoms with Gasteiger partial charge in [0.15, 0.2) is 6.10 Å². The molecule has 8 atom stereocenters. The fraction of sp³-hybridized carbons (Fsp3) is 0.880. The van der Waals surface area contributed by atoms with E-state index >= 15 is 0 Å². The minimum atomic E-state index is -5.12. The summed E-state index contributed by atoms with van der Waals surface area (Å²) in [6.07, 6.45) is 32.2. The van der Waals surface area contributed by atoms with E-state index in [2.05, 4.69) is 38.2 Å². The van der Waals surface area contributed by atoms with Gasteiger partial charge in [-0.25, -0.2) is 4.57 Å². The number of esters is 2. The number of allylic oxidation sites excluding steroid dienone is 4. The molecular weight excluding hydrogens is 840 g/mol. The number of unbranched alkanes of at least 4 members (excludes halogenated alkanes) is 27. The Morgan fingerprint density at radius 2 is 0.844 bits per heavy atom. The van der Waals surface area contributed by atoms with E-state index in [-0.39, 0.29) is 12.8 Å². The van der Waals surface area contributed by atoms with Crippen LogP contribution in [-0.4, -0.2) is 98.3 Å². The number of aliphatic hydroxyl groups is 5. The van der Waals surface area contributed by atoms with Crippen molar-refractivity contribution in [3.8, 4) is 0 Å². The minimum Gasteiger partial charge on any atom is -0.462 e. The van der Waals surface area contributed by atoms with E-state index in [9.17, 15) is 44.6 Å². The number of carbonyl (C=O) groups excluding carboxylic acids is 2. The van der Waals surface area contributed by atoms with Crippen LogP contribution in [0.5, 0.6) is 0 Å². The van der Waals surface area contributed by atoms with Crippen molar-refractivity contribution in [2.24, 2.45) is 0 Å². The molecular formula is C50H93O13P. The van der Waals surface area contributed by atoms with E-state index in [4.69, 9.17) is 18.5 Å². The van der Waals surface area contributed by atoms with Crippen LogP contribution in [0.15, 0.2) is 24.3 Å². The van der Waals surface area contributed by atoms with Crippen molar-refractivity contribution in [1.29, 1.82) is 0 Å². The fourth-order valence-electron chi connectivity index (χ4n) is 7.91. The van der Waals surface area contributed by atoms with Gasteiger partial charge in [-0.1, -0.05) is 192 Å². The third-order valence-electron chi connectivity index (χ3n) is 12.0. The Kier molecular flexibility index (Phi) is 38.1. The van der Waals surface area contributed by atoms with Crippen LogP contribution in [-0.2, 0) is 32.7 Å². The molecule has 0 heterocycles. The average Bonchev–Trinajstić information content (AvgIpc) is 3.28. The molecule has 0 aromatic rings. The van der Waals surface area contributed by atoms with Gasteiger partial charge in [0.2, 0.25) is 0 Å². The van der Waals surface area contributed by atoms with E-state index in [0.29, 0.717) is 12.8 Å². The Hall–Kier alpha value is -1.67. The number of carbonyl (C=O) groups is 2. The molecule has 6 unspecified atom stereocenters. The molecule has 1 saturated carbocycles. The number of rotatable bonds is 43. The predicted octanol–water partition coefficient (Wildman–Crippen LogP) is 10.8. The molecule has 0 spiro atoms. The first-order valence-corrected chi connectivity index (χ1v) is 27.1. The molecule has 376 valence electrons. The first-order chi connectivity index (χ1) is 30.9.